The van der Waals surface area contributed by atoms with E-state index >= 15 is 0 Å². The van der Waals surface area contributed by atoms with Gasteiger partial charge in [-0.2, -0.15) is 0 Å². The SMILES string of the molecule is C[C@H]1[C@H](C)CC[C@]2(C(=O)O)CC[C@]3(C)C(=CC[C@@H]4[C@@]5(C)CC(O)C(O)C(C)(C)[C@@H]5CC[C@]43C)[C@H]12. The lowest BCUT2D eigenvalue weighted by Gasteiger charge is -2.71. The van der Waals surface area contributed by atoms with Crippen molar-refractivity contribution in [2.45, 2.75) is 112 Å². The van der Waals surface area contributed by atoms with Crippen molar-refractivity contribution in [3.63, 3.8) is 0 Å². The Kier molecular flexibility index (Phi) is 5.36. The van der Waals surface area contributed by atoms with E-state index < -0.39 is 23.6 Å². The molecule has 0 aliphatic heterocycles. The maximum atomic E-state index is 12.8. The topological polar surface area (TPSA) is 77.8 Å². The molecule has 0 bridgehead atoms. The van der Waals surface area contributed by atoms with E-state index in [0.717, 1.165) is 44.9 Å². The first kappa shape index (κ1) is 24.8. The molecule has 192 valence electrons. The molecule has 34 heavy (non-hydrogen) atoms. The highest BCUT2D eigenvalue weighted by Crippen LogP contribution is 2.75. The van der Waals surface area contributed by atoms with Crippen molar-refractivity contribution in [1.82, 2.24) is 0 Å². The van der Waals surface area contributed by atoms with Crippen LogP contribution in [0.25, 0.3) is 0 Å². The van der Waals surface area contributed by atoms with Crippen LogP contribution in [-0.2, 0) is 4.79 Å². The first-order chi connectivity index (χ1) is 15.7. The van der Waals surface area contributed by atoms with Crippen molar-refractivity contribution in [1.29, 1.82) is 0 Å². The standard InChI is InChI=1S/C30H48O4/c1-17-10-13-30(25(33)34)15-14-28(6)19(23(30)18(17)2)8-9-22-27(5)16-20(31)24(32)26(3,4)21(27)11-12-29(22,28)7/h8,17-18,20-24,31-32H,9-16H2,1-7H3,(H,33,34)/t17-,18+,20?,21+,22-,23+,24?,27+,28-,29-,30+/m1/s1. The molecule has 4 nitrogen and oxygen atoms in total. The van der Waals surface area contributed by atoms with Crippen molar-refractivity contribution in [3.05, 3.63) is 11.6 Å². The van der Waals surface area contributed by atoms with Gasteiger partial charge in [-0.15, -0.1) is 0 Å². The Labute approximate surface area is 206 Å². The van der Waals surface area contributed by atoms with Crippen LogP contribution in [0.3, 0.4) is 0 Å². The van der Waals surface area contributed by atoms with Gasteiger partial charge >= 0.3 is 5.97 Å². The molecule has 0 saturated heterocycles. The molecule has 0 spiro atoms. The van der Waals surface area contributed by atoms with Gasteiger partial charge in [0.2, 0.25) is 0 Å². The molecule has 0 amide bonds. The number of carboxylic acid groups (broad SMARTS) is 1. The fraction of sp³-hybridized carbons (Fsp3) is 0.900. The second-order valence-electron chi connectivity index (χ2n) is 14.6. The van der Waals surface area contributed by atoms with Crippen molar-refractivity contribution >= 4 is 5.97 Å². The quantitative estimate of drug-likeness (QED) is 0.405. The van der Waals surface area contributed by atoms with Gasteiger partial charge in [-0.05, 0) is 103 Å². The van der Waals surface area contributed by atoms with Crippen LogP contribution < -0.4 is 0 Å². The lowest BCUT2D eigenvalue weighted by Crippen LogP contribution is -2.67. The summed E-state index contributed by atoms with van der Waals surface area (Å²) < 4.78 is 0. The van der Waals surface area contributed by atoms with Crippen molar-refractivity contribution < 1.29 is 20.1 Å². The second kappa shape index (κ2) is 7.34. The third-order valence-corrected chi connectivity index (χ3v) is 13.4. The smallest absolute Gasteiger partial charge is 0.310 e. The number of hydrogen-bond acceptors (Lipinski definition) is 3. The lowest BCUT2D eigenvalue weighted by molar-refractivity contribution is -0.232. The predicted octanol–water partition coefficient (Wildman–Crippen LogP) is 6.06. The van der Waals surface area contributed by atoms with E-state index in [0.29, 0.717) is 30.1 Å². The van der Waals surface area contributed by atoms with E-state index in [2.05, 4.69) is 54.5 Å². The Morgan fingerprint density at radius 3 is 2.26 bits per heavy atom. The highest BCUT2D eigenvalue weighted by molar-refractivity contribution is 5.76. The van der Waals surface area contributed by atoms with Crippen molar-refractivity contribution in [3.8, 4) is 0 Å². The number of rotatable bonds is 1. The van der Waals surface area contributed by atoms with Gasteiger partial charge in [0.15, 0.2) is 0 Å². The average Bonchev–Trinajstić information content (AvgIpc) is 2.75. The monoisotopic (exact) mass is 472 g/mol. The number of aliphatic hydroxyl groups excluding tert-OH is 2. The molecule has 0 aromatic rings. The molecule has 0 radical (unpaired) electrons. The van der Waals surface area contributed by atoms with Gasteiger partial charge < -0.3 is 15.3 Å². The second-order valence-corrected chi connectivity index (χ2v) is 14.6. The Morgan fingerprint density at radius 2 is 1.62 bits per heavy atom. The van der Waals surface area contributed by atoms with Crippen LogP contribution in [0.4, 0.5) is 0 Å². The average molecular weight is 473 g/mol. The molecular weight excluding hydrogens is 424 g/mol. The highest BCUT2D eigenvalue weighted by atomic mass is 16.4. The van der Waals surface area contributed by atoms with E-state index in [4.69, 9.17) is 0 Å². The van der Waals surface area contributed by atoms with E-state index in [1.54, 1.807) is 0 Å². The number of aliphatic hydroxyl groups is 2. The Morgan fingerprint density at radius 1 is 0.941 bits per heavy atom. The first-order valence-corrected chi connectivity index (χ1v) is 14.0. The summed E-state index contributed by atoms with van der Waals surface area (Å²) in [6, 6.07) is 0. The number of fused-ring (bicyclic) bond motifs is 7. The van der Waals surface area contributed by atoms with E-state index in [9.17, 15) is 20.1 Å². The van der Waals surface area contributed by atoms with Crippen LogP contribution in [0, 0.1) is 56.7 Å². The zero-order valence-electron chi connectivity index (χ0n) is 22.5. The summed E-state index contributed by atoms with van der Waals surface area (Å²) >= 11 is 0. The molecule has 0 aromatic heterocycles. The molecule has 5 aliphatic rings. The number of allylic oxidation sites excluding steroid dienone is 2. The third-order valence-electron chi connectivity index (χ3n) is 13.4. The fourth-order valence-corrected chi connectivity index (χ4v) is 11.0. The first-order valence-electron chi connectivity index (χ1n) is 14.0. The molecule has 0 heterocycles. The van der Waals surface area contributed by atoms with E-state index in [-0.39, 0.29) is 27.6 Å². The molecule has 2 unspecified atom stereocenters. The summed E-state index contributed by atoms with van der Waals surface area (Å²) in [6.45, 7) is 16.3. The number of carbonyl (C=O) groups is 1. The predicted molar refractivity (Wildman–Crippen MR) is 134 cm³/mol. The maximum Gasteiger partial charge on any atom is 0.310 e. The van der Waals surface area contributed by atoms with E-state index in [1.807, 2.05) is 0 Å². The van der Waals surface area contributed by atoms with Crippen LogP contribution in [0.5, 0.6) is 0 Å². The van der Waals surface area contributed by atoms with Crippen LogP contribution in [-0.4, -0.2) is 33.5 Å². The minimum absolute atomic E-state index is 0.00993. The van der Waals surface area contributed by atoms with Crippen molar-refractivity contribution in [2.24, 2.45) is 56.7 Å². The van der Waals surface area contributed by atoms with Crippen molar-refractivity contribution in [2.75, 3.05) is 0 Å². The molecule has 4 saturated carbocycles. The maximum absolute atomic E-state index is 12.8. The number of aliphatic carboxylic acids is 1. The lowest BCUT2D eigenvalue weighted by atomic mass is 9.33. The molecule has 4 heteroatoms. The normalized spacial score (nSPS) is 56.3. The summed E-state index contributed by atoms with van der Waals surface area (Å²) in [4.78, 5) is 12.8. The summed E-state index contributed by atoms with van der Waals surface area (Å²) in [5.41, 5.74) is 0.574. The summed E-state index contributed by atoms with van der Waals surface area (Å²) in [7, 11) is 0. The molecule has 5 aliphatic carbocycles. The zero-order chi connectivity index (χ0) is 25.1. The van der Waals surface area contributed by atoms with Crippen LogP contribution >= 0.6 is 0 Å². The van der Waals surface area contributed by atoms with Gasteiger partial charge in [-0.3, -0.25) is 4.79 Å². The molecule has 3 N–H and O–H groups in total. The van der Waals surface area contributed by atoms with Gasteiger partial charge in [0.25, 0.3) is 0 Å². The molecule has 5 rings (SSSR count). The van der Waals surface area contributed by atoms with Gasteiger partial charge in [-0.1, -0.05) is 60.1 Å². The van der Waals surface area contributed by atoms with E-state index in [1.165, 1.54) is 5.57 Å². The molecule has 4 fully saturated rings. The van der Waals surface area contributed by atoms with Gasteiger partial charge in [0.1, 0.15) is 0 Å². The van der Waals surface area contributed by atoms with Gasteiger partial charge in [0, 0.05) is 0 Å². The van der Waals surface area contributed by atoms with Gasteiger partial charge in [0.05, 0.1) is 17.6 Å². The molecule has 11 atom stereocenters. The molecular formula is C30H48O4. The third kappa shape index (κ3) is 2.76. The number of carboxylic acids is 1. The van der Waals surface area contributed by atoms with Gasteiger partial charge in [-0.25, -0.2) is 0 Å². The minimum Gasteiger partial charge on any atom is -0.481 e. The molecule has 0 aromatic carbocycles. The summed E-state index contributed by atoms with van der Waals surface area (Å²) in [6.07, 6.45) is 8.53. The summed E-state index contributed by atoms with van der Waals surface area (Å²) in [5, 5.41) is 32.4. The highest BCUT2D eigenvalue weighted by Gasteiger charge is 2.70. The largest absolute Gasteiger partial charge is 0.481 e. The Bertz CT molecular complexity index is 907. The summed E-state index contributed by atoms with van der Waals surface area (Å²) in [5.74, 6) is 1.30. The van der Waals surface area contributed by atoms with Crippen LogP contribution in [0.2, 0.25) is 0 Å². The van der Waals surface area contributed by atoms with Crippen LogP contribution in [0.1, 0.15) is 99.8 Å². The number of hydrogen-bond donors (Lipinski definition) is 3. The van der Waals surface area contributed by atoms with Crippen LogP contribution in [0.15, 0.2) is 11.6 Å². The minimum atomic E-state index is -0.679. The zero-order valence-corrected chi connectivity index (χ0v) is 22.5. The fourth-order valence-electron chi connectivity index (χ4n) is 11.0. The Balaban J connectivity index is 1.62. The Hall–Kier alpha value is -0.870.